The molecule has 0 saturated heterocycles. The smallest absolute Gasteiger partial charge is 0.130 e. The maximum atomic E-state index is 13.7. The fourth-order valence-electron chi connectivity index (χ4n) is 1.83. The molecule has 1 atom stereocenters. The second kappa shape index (κ2) is 4.88. The highest BCUT2D eigenvalue weighted by Gasteiger charge is 2.21. The maximum absolute atomic E-state index is 13.7. The molecule has 17 heavy (non-hydrogen) atoms. The number of benzene rings is 1. The molecule has 2 aromatic rings. The van der Waals surface area contributed by atoms with E-state index in [0.717, 1.165) is 15.3 Å². The summed E-state index contributed by atoms with van der Waals surface area (Å²) in [6, 6.07) is 6.71. The van der Waals surface area contributed by atoms with E-state index in [1.165, 1.54) is 17.4 Å². The number of hydrogen-bond acceptors (Lipinski definition) is 2. The van der Waals surface area contributed by atoms with Crippen LogP contribution in [0.2, 0.25) is 0 Å². The molecule has 1 unspecified atom stereocenters. The number of aryl methyl sites for hydroxylation is 2. The summed E-state index contributed by atoms with van der Waals surface area (Å²) in [7, 11) is 0. The Morgan fingerprint density at radius 1 is 1.35 bits per heavy atom. The van der Waals surface area contributed by atoms with Crippen molar-refractivity contribution in [2.24, 2.45) is 0 Å². The van der Waals surface area contributed by atoms with E-state index in [1.807, 2.05) is 19.9 Å². The van der Waals surface area contributed by atoms with Crippen LogP contribution in [-0.4, -0.2) is 5.11 Å². The van der Waals surface area contributed by atoms with Crippen LogP contribution in [0.4, 0.5) is 4.39 Å². The van der Waals surface area contributed by atoms with Gasteiger partial charge in [0.1, 0.15) is 11.9 Å². The average molecular weight is 315 g/mol. The van der Waals surface area contributed by atoms with Gasteiger partial charge in [-0.1, -0.05) is 22.0 Å². The third-order valence-electron chi connectivity index (χ3n) is 2.60. The monoisotopic (exact) mass is 314 g/mol. The van der Waals surface area contributed by atoms with Crippen LogP contribution in [0.3, 0.4) is 0 Å². The second-order valence-corrected chi connectivity index (χ2v) is 6.08. The zero-order valence-corrected chi connectivity index (χ0v) is 11.9. The minimum Gasteiger partial charge on any atom is -0.383 e. The number of aliphatic hydroxyl groups excluding tert-OH is 1. The Morgan fingerprint density at radius 3 is 2.59 bits per heavy atom. The molecule has 0 bridgehead atoms. The molecule has 0 amide bonds. The molecule has 4 heteroatoms. The molecule has 0 aliphatic carbocycles. The molecule has 2 rings (SSSR count). The molecule has 1 N–H and O–H groups in total. The summed E-state index contributed by atoms with van der Waals surface area (Å²) in [5.74, 6) is -0.391. The van der Waals surface area contributed by atoms with Crippen LogP contribution in [0.1, 0.15) is 27.0 Å². The number of thiophene rings is 1. The molecule has 0 fully saturated rings. The Kier molecular flexibility index (Phi) is 3.66. The third-order valence-corrected chi connectivity index (χ3v) is 4.50. The Labute approximate surface area is 112 Å². The second-order valence-electron chi connectivity index (χ2n) is 3.94. The topological polar surface area (TPSA) is 20.2 Å². The summed E-state index contributed by atoms with van der Waals surface area (Å²) in [6.07, 6.45) is -0.913. The number of rotatable bonds is 2. The Balaban J connectivity index is 2.51. The zero-order valence-electron chi connectivity index (χ0n) is 9.50. The Bertz CT molecular complexity index is 530. The van der Waals surface area contributed by atoms with Gasteiger partial charge in [0.2, 0.25) is 0 Å². The molecule has 0 aliphatic rings. The lowest BCUT2D eigenvalue weighted by atomic mass is 10.1. The SMILES string of the molecule is Cc1cc(C)c(C(O)c2c(F)cccc2Br)s1. The summed E-state index contributed by atoms with van der Waals surface area (Å²) < 4.78 is 14.3. The van der Waals surface area contributed by atoms with Gasteiger partial charge in [0.15, 0.2) is 0 Å². The van der Waals surface area contributed by atoms with Crippen LogP contribution in [0.25, 0.3) is 0 Å². The Morgan fingerprint density at radius 2 is 2.06 bits per heavy atom. The summed E-state index contributed by atoms with van der Waals surface area (Å²) in [6.45, 7) is 3.90. The highest BCUT2D eigenvalue weighted by Crippen LogP contribution is 2.36. The van der Waals surface area contributed by atoms with Gasteiger partial charge in [0.05, 0.1) is 0 Å². The largest absolute Gasteiger partial charge is 0.383 e. The lowest BCUT2D eigenvalue weighted by molar-refractivity contribution is 0.217. The van der Waals surface area contributed by atoms with Crippen molar-refractivity contribution < 1.29 is 9.50 Å². The van der Waals surface area contributed by atoms with E-state index in [1.54, 1.807) is 12.1 Å². The van der Waals surface area contributed by atoms with Crippen molar-refractivity contribution in [3.8, 4) is 0 Å². The van der Waals surface area contributed by atoms with Crippen LogP contribution in [0.5, 0.6) is 0 Å². The first-order chi connectivity index (χ1) is 8.00. The lowest BCUT2D eigenvalue weighted by Crippen LogP contribution is -2.03. The van der Waals surface area contributed by atoms with E-state index in [9.17, 15) is 9.50 Å². The summed E-state index contributed by atoms with van der Waals surface area (Å²) in [5, 5.41) is 10.3. The normalized spacial score (nSPS) is 12.8. The minimum absolute atomic E-state index is 0.303. The van der Waals surface area contributed by atoms with Gasteiger partial charge in [-0.2, -0.15) is 0 Å². The molecule has 1 aromatic heterocycles. The van der Waals surface area contributed by atoms with Crippen LogP contribution in [-0.2, 0) is 0 Å². The fraction of sp³-hybridized carbons (Fsp3) is 0.231. The van der Waals surface area contributed by atoms with E-state index >= 15 is 0 Å². The molecule has 1 heterocycles. The van der Waals surface area contributed by atoms with E-state index < -0.39 is 11.9 Å². The van der Waals surface area contributed by atoms with Gasteiger partial charge in [0.25, 0.3) is 0 Å². The molecular weight excluding hydrogens is 303 g/mol. The van der Waals surface area contributed by atoms with Crippen LogP contribution >= 0.6 is 27.3 Å². The van der Waals surface area contributed by atoms with Gasteiger partial charge in [-0.15, -0.1) is 11.3 Å². The number of hydrogen-bond donors (Lipinski definition) is 1. The molecule has 0 radical (unpaired) electrons. The van der Waals surface area contributed by atoms with Crippen molar-refractivity contribution in [3.63, 3.8) is 0 Å². The maximum Gasteiger partial charge on any atom is 0.130 e. The summed E-state index contributed by atoms with van der Waals surface area (Å²) >= 11 is 4.78. The molecule has 0 aliphatic heterocycles. The molecule has 90 valence electrons. The van der Waals surface area contributed by atoms with Crippen molar-refractivity contribution >= 4 is 27.3 Å². The van der Waals surface area contributed by atoms with Crippen LogP contribution in [0.15, 0.2) is 28.7 Å². The molecule has 1 aromatic carbocycles. The molecule has 1 nitrogen and oxygen atoms in total. The first-order valence-corrected chi connectivity index (χ1v) is 6.80. The Hall–Kier alpha value is -0.710. The minimum atomic E-state index is -0.913. The van der Waals surface area contributed by atoms with Gasteiger partial charge >= 0.3 is 0 Å². The van der Waals surface area contributed by atoms with Gasteiger partial charge in [-0.25, -0.2) is 4.39 Å². The van der Waals surface area contributed by atoms with Crippen molar-refractivity contribution in [2.75, 3.05) is 0 Å². The van der Waals surface area contributed by atoms with Gasteiger partial charge in [0, 0.05) is 19.8 Å². The van der Waals surface area contributed by atoms with Crippen molar-refractivity contribution in [1.29, 1.82) is 0 Å². The average Bonchev–Trinajstić information content (AvgIpc) is 2.57. The highest BCUT2D eigenvalue weighted by molar-refractivity contribution is 9.10. The molecule has 0 saturated carbocycles. The number of aliphatic hydroxyl groups is 1. The predicted molar refractivity (Wildman–Crippen MR) is 72.0 cm³/mol. The van der Waals surface area contributed by atoms with Crippen molar-refractivity contribution in [3.05, 3.63) is 55.4 Å². The van der Waals surface area contributed by atoms with Crippen molar-refractivity contribution in [2.45, 2.75) is 20.0 Å². The molecular formula is C13H12BrFOS. The van der Waals surface area contributed by atoms with Gasteiger partial charge in [-0.05, 0) is 37.6 Å². The predicted octanol–water partition coefficient (Wildman–Crippen LogP) is 4.35. The fourth-order valence-corrected chi connectivity index (χ4v) is 3.42. The highest BCUT2D eigenvalue weighted by atomic mass is 79.9. The van der Waals surface area contributed by atoms with Crippen molar-refractivity contribution in [1.82, 2.24) is 0 Å². The lowest BCUT2D eigenvalue weighted by Gasteiger charge is -2.13. The van der Waals surface area contributed by atoms with E-state index in [-0.39, 0.29) is 0 Å². The van der Waals surface area contributed by atoms with Crippen LogP contribution < -0.4 is 0 Å². The third kappa shape index (κ3) is 2.44. The zero-order chi connectivity index (χ0) is 12.6. The van der Waals surface area contributed by atoms with E-state index in [4.69, 9.17) is 0 Å². The summed E-state index contributed by atoms with van der Waals surface area (Å²) in [5.41, 5.74) is 1.30. The number of halogens is 2. The van der Waals surface area contributed by atoms with E-state index in [0.29, 0.717) is 10.0 Å². The molecule has 0 spiro atoms. The quantitative estimate of drug-likeness (QED) is 0.873. The first kappa shape index (κ1) is 12.7. The van der Waals surface area contributed by atoms with Gasteiger partial charge in [-0.3, -0.25) is 0 Å². The standard InChI is InChI=1S/C13H12BrFOS/c1-7-6-8(2)17-13(7)12(16)11-9(14)4-3-5-10(11)15/h3-6,12,16H,1-2H3. The first-order valence-electron chi connectivity index (χ1n) is 5.19. The van der Waals surface area contributed by atoms with E-state index in [2.05, 4.69) is 15.9 Å². The summed E-state index contributed by atoms with van der Waals surface area (Å²) in [4.78, 5) is 1.91. The van der Waals surface area contributed by atoms with Crippen LogP contribution in [0, 0.1) is 19.7 Å². The van der Waals surface area contributed by atoms with Gasteiger partial charge < -0.3 is 5.11 Å².